The third-order valence-electron chi connectivity index (χ3n) is 3.13. The van der Waals surface area contributed by atoms with Gasteiger partial charge in [0, 0.05) is 32.1 Å². The number of thioether (sulfide) groups is 1. The van der Waals surface area contributed by atoms with Crippen LogP contribution in [-0.2, 0) is 11.3 Å². The van der Waals surface area contributed by atoms with Crippen molar-refractivity contribution in [2.24, 2.45) is 4.99 Å². The Kier molecular flexibility index (Phi) is 8.43. The summed E-state index contributed by atoms with van der Waals surface area (Å²) >= 11 is 1.73. The number of carbonyl (C=O) groups is 1. The lowest BCUT2D eigenvalue weighted by Gasteiger charge is -2.22. The third kappa shape index (κ3) is 6.39. The number of carbonyl (C=O) groups excluding carboxylic acids is 1. The molecule has 6 heteroatoms. The molecule has 0 saturated carbocycles. The molecule has 0 aromatic heterocycles. The highest BCUT2D eigenvalue weighted by atomic mass is 32.2. The average Bonchev–Trinajstić information content (AvgIpc) is 2.54. The standard InChI is InChI=1S/C16H26N4OS/c1-5-10-18-15(21)11-19-16(17-2)20(3)12-13-6-8-14(22-4)9-7-13/h6-9H,5,10-12H2,1-4H3,(H,17,19)(H,18,21). The van der Waals surface area contributed by atoms with Crippen LogP contribution < -0.4 is 10.6 Å². The van der Waals surface area contributed by atoms with Gasteiger partial charge in [-0.25, -0.2) is 0 Å². The lowest BCUT2D eigenvalue weighted by molar-refractivity contribution is -0.120. The van der Waals surface area contributed by atoms with Crippen molar-refractivity contribution in [2.75, 3.05) is 33.4 Å². The van der Waals surface area contributed by atoms with Gasteiger partial charge in [-0.05, 0) is 30.4 Å². The smallest absolute Gasteiger partial charge is 0.239 e. The van der Waals surface area contributed by atoms with E-state index >= 15 is 0 Å². The number of guanidine groups is 1. The van der Waals surface area contributed by atoms with Crippen LogP contribution in [-0.4, -0.2) is 50.2 Å². The minimum atomic E-state index is -0.0132. The van der Waals surface area contributed by atoms with E-state index in [9.17, 15) is 4.79 Å². The molecule has 0 saturated heterocycles. The first-order valence-corrected chi connectivity index (χ1v) is 8.64. The Bertz CT molecular complexity index is 487. The first-order chi connectivity index (χ1) is 10.6. The second-order valence-electron chi connectivity index (χ2n) is 4.95. The zero-order chi connectivity index (χ0) is 16.4. The van der Waals surface area contributed by atoms with Gasteiger partial charge in [0.25, 0.3) is 0 Å². The molecule has 1 rings (SSSR count). The van der Waals surface area contributed by atoms with Gasteiger partial charge < -0.3 is 15.5 Å². The number of amides is 1. The molecule has 1 amide bonds. The van der Waals surface area contributed by atoms with Gasteiger partial charge in [-0.1, -0.05) is 19.1 Å². The predicted molar refractivity (Wildman–Crippen MR) is 94.4 cm³/mol. The molecule has 22 heavy (non-hydrogen) atoms. The van der Waals surface area contributed by atoms with Crippen LogP contribution in [0.25, 0.3) is 0 Å². The molecule has 0 unspecified atom stereocenters. The Labute approximate surface area is 137 Å². The normalized spacial score (nSPS) is 11.2. The molecule has 0 aliphatic heterocycles. The van der Waals surface area contributed by atoms with Crippen LogP contribution in [0.5, 0.6) is 0 Å². The van der Waals surface area contributed by atoms with Crippen LogP contribution in [0.1, 0.15) is 18.9 Å². The highest BCUT2D eigenvalue weighted by molar-refractivity contribution is 7.98. The predicted octanol–water partition coefficient (Wildman–Crippen LogP) is 1.94. The van der Waals surface area contributed by atoms with Crippen molar-refractivity contribution in [3.63, 3.8) is 0 Å². The number of benzene rings is 1. The molecule has 0 aliphatic carbocycles. The van der Waals surface area contributed by atoms with Gasteiger partial charge in [0.05, 0.1) is 6.54 Å². The summed E-state index contributed by atoms with van der Waals surface area (Å²) in [5.74, 6) is 0.696. The van der Waals surface area contributed by atoms with E-state index in [1.807, 2.05) is 18.9 Å². The molecule has 0 bridgehead atoms. The zero-order valence-corrected chi connectivity index (χ0v) is 14.7. The quantitative estimate of drug-likeness (QED) is 0.458. The second kappa shape index (κ2) is 10.1. The van der Waals surface area contributed by atoms with Crippen molar-refractivity contribution < 1.29 is 4.79 Å². The highest BCUT2D eigenvalue weighted by Gasteiger charge is 2.08. The molecule has 0 aliphatic rings. The molecule has 0 heterocycles. The molecular formula is C16H26N4OS. The summed E-state index contributed by atoms with van der Waals surface area (Å²) in [7, 11) is 3.68. The molecule has 0 fully saturated rings. The molecule has 0 spiro atoms. The van der Waals surface area contributed by atoms with Crippen molar-refractivity contribution in [1.29, 1.82) is 0 Å². The molecule has 1 aromatic carbocycles. The maximum Gasteiger partial charge on any atom is 0.239 e. The molecule has 0 radical (unpaired) electrons. The van der Waals surface area contributed by atoms with E-state index in [1.54, 1.807) is 18.8 Å². The van der Waals surface area contributed by atoms with Crippen molar-refractivity contribution in [3.05, 3.63) is 29.8 Å². The van der Waals surface area contributed by atoms with Crippen LogP contribution in [0.4, 0.5) is 0 Å². The van der Waals surface area contributed by atoms with E-state index in [0.29, 0.717) is 12.5 Å². The monoisotopic (exact) mass is 322 g/mol. The lowest BCUT2D eigenvalue weighted by Crippen LogP contribution is -2.43. The Balaban J connectivity index is 2.49. The van der Waals surface area contributed by atoms with Crippen molar-refractivity contribution in [3.8, 4) is 0 Å². The largest absolute Gasteiger partial charge is 0.355 e. The number of nitrogens with zero attached hydrogens (tertiary/aromatic N) is 2. The van der Waals surface area contributed by atoms with Crippen molar-refractivity contribution in [2.45, 2.75) is 24.8 Å². The summed E-state index contributed by atoms with van der Waals surface area (Å²) in [5, 5.41) is 5.92. The average molecular weight is 322 g/mol. The van der Waals surface area contributed by atoms with Gasteiger partial charge in [0.2, 0.25) is 5.91 Å². The first kappa shape index (κ1) is 18.4. The van der Waals surface area contributed by atoms with Crippen molar-refractivity contribution in [1.82, 2.24) is 15.5 Å². The van der Waals surface area contributed by atoms with E-state index in [-0.39, 0.29) is 12.5 Å². The van der Waals surface area contributed by atoms with Crippen LogP contribution in [0.15, 0.2) is 34.2 Å². The molecule has 0 atom stereocenters. The van der Waals surface area contributed by atoms with Gasteiger partial charge in [0.1, 0.15) is 0 Å². The highest BCUT2D eigenvalue weighted by Crippen LogP contribution is 2.15. The van der Waals surface area contributed by atoms with E-state index in [4.69, 9.17) is 0 Å². The van der Waals surface area contributed by atoms with Gasteiger partial charge in [0.15, 0.2) is 5.96 Å². The molecule has 122 valence electrons. The maximum atomic E-state index is 11.6. The van der Waals surface area contributed by atoms with Crippen LogP contribution in [0.2, 0.25) is 0 Å². The fourth-order valence-electron chi connectivity index (χ4n) is 1.95. The van der Waals surface area contributed by atoms with Gasteiger partial charge in [-0.2, -0.15) is 0 Å². The van der Waals surface area contributed by atoms with Crippen LogP contribution in [0, 0.1) is 0 Å². The van der Waals surface area contributed by atoms with E-state index in [1.165, 1.54) is 10.5 Å². The van der Waals surface area contributed by atoms with Crippen LogP contribution >= 0.6 is 11.8 Å². The topological polar surface area (TPSA) is 56.7 Å². The number of rotatable bonds is 7. The number of aliphatic imine (C=N–C) groups is 1. The minimum absolute atomic E-state index is 0.0132. The molecule has 5 nitrogen and oxygen atoms in total. The fourth-order valence-corrected chi connectivity index (χ4v) is 2.36. The second-order valence-corrected chi connectivity index (χ2v) is 5.83. The van der Waals surface area contributed by atoms with Gasteiger partial charge >= 0.3 is 0 Å². The number of hydrogen-bond acceptors (Lipinski definition) is 3. The van der Waals surface area contributed by atoms with E-state index in [2.05, 4.69) is 46.1 Å². The number of hydrogen-bond donors (Lipinski definition) is 2. The SMILES string of the molecule is CCCNC(=O)CNC(=NC)N(C)Cc1ccc(SC)cc1. The molecule has 2 N–H and O–H groups in total. The van der Waals surface area contributed by atoms with Gasteiger partial charge in [-0.3, -0.25) is 9.79 Å². The molecular weight excluding hydrogens is 296 g/mol. The van der Waals surface area contributed by atoms with Gasteiger partial charge in [-0.15, -0.1) is 11.8 Å². The number of nitrogens with one attached hydrogen (secondary N) is 2. The summed E-state index contributed by atoms with van der Waals surface area (Å²) < 4.78 is 0. The van der Waals surface area contributed by atoms with Crippen LogP contribution in [0.3, 0.4) is 0 Å². The Hall–Kier alpha value is -1.69. The van der Waals surface area contributed by atoms with E-state index in [0.717, 1.165) is 13.0 Å². The Morgan fingerprint density at radius 2 is 1.95 bits per heavy atom. The third-order valence-corrected chi connectivity index (χ3v) is 3.87. The lowest BCUT2D eigenvalue weighted by atomic mass is 10.2. The Morgan fingerprint density at radius 3 is 2.50 bits per heavy atom. The molecule has 1 aromatic rings. The minimum Gasteiger partial charge on any atom is -0.355 e. The summed E-state index contributed by atoms with van der Waals surface area (Å²) in [6, 6.07) is 8.46. The van der Waals surface area contributed by atoms with Crippen molar-refractivity contribution >= 4 is 23.6 Å². The van der Waals surface area contributed by atoms with E-state index < -0.39 is 0 Å². The zero-order valence-electron chi connectivity index (χ0n) is 13.8. The summed E-state index contributed by atoms with van der Waals surface area (Å²) in [6.45, 7) is 3.72. The Morgan fingerprint density at radius 1 is 1.27 bits per heavy atom. The first-order valence-electron chi connectivity index (χ1n) is 7.42. The summed E-state index contributed by atoms with van der Waals surface area (Å²) in [4.78, 5) is 19.1. The fraction of sp³-hybridized carbons (Fsp3) is 0.500. The summed E-state index contributed by atoms with van der Waals surface area (Å²) in [6.07, 6.45) is 3.00. The summed E-state index contributed by atoms with van der Waals surface area (Å²) in [5.41, 5.74) is 1.21. The maximum absolute atomic E-state index is 11.6.